The number of aromatic nitrogens is 1. The molecule has 1 heterocycles. The number of aryl methyl sites for hydroxylation is 1. The zero-order chi connectivity index (χ0) is 16.5. The van der Waals surface area contributed by atoms with Crippen LogP contribution in [0.4, 0.5) is 4.39 Å². The van der Waals surface area contributed by atoms with Gasteiger partial charge in [0.2, 0.25) is 10.0 Å². The monoisotopic (exact) mass is 322 g/mol. The number of rotatable bonds is 3. The first-order chi connectivity index (χ1) is 10.1. The van der Waals surface area contributed by atoms with E-state index >= 15 is 0 Å². The first-order valence-corrected chi connectivity index (χ1v) is 8.32. The van der Waals surface area contributed by atoms with Gasteiger partial charge < -0.3 is 0 Å². The van der Waals surface area contributed by atoms with Crippen molar-refractivity contribution in [3.63, 3.8) is 0 Å². The summed E-state index contributed by atoms with van der Waals surface area (Å²) in [6.07, 6.45) is 2.68. The number of sulfonamides is 1. The highest BCUT2D eigenvalue weighted by Gasteiger charge is 2.22. The molecular formula is C16H19FN2O2S. The zero-order valence-corrected chi connectivity index (χ0v) is 13.8. The number of nitrogens with zero attached hydrogens (tertiary/aromatic N) is 1. The number of nitrogens with one attached hydrogen (secondary N) is 1. The van der Waals surface area contributed by atoms with Gasteiger partial charge in [0.1, 0.15) is 5.82 Å². The van der Waals surface area contributed by atoms with Crippen LogP contribution in [0, 0.1) is 12.7 Å². The standard InChI is InChI=1S/C16H19FN2O2S/c1-11-7-14(22(20,21)19-16(2,3)4)5-6-15(11)12-8-13(17)10-18-9-12/h5-10,19H,1-4H3. The van der Waals surface area contributed by atoms with Gasteiger partial charge in [-0.15, -0.1) is 0 Å². The molecule has 0 aliphatic heterocycles. The highest BCUT2D eigenvalue weighted by molar-refractivity contribution is 7.89. The summed E-state index contributed by atoms with van der Waals surface area (Å²) in [5, 5.41) is 0. The highest BCUT2D eigenvalue weighted by atomic mass is 32.2. The molecule has 0 bridgehead atoms. The zero-order valence-electron chi connectivity index (χ0n) is 13.0. The maximum atomic E-state index is 13.3. The van der Waals surface area contributed by atoms with E-state index in [-0.39, 0.29) is 4.90 Å². The van der Waals surface area contributed by atoms with Crippen LogP contribution in [0.2, 0.25) is 0 Å². The maximum Gasteiger partial charge on any atom is 0.241 e. The Kier molecular flexibility index (Phi) is 4.35. The van der Waals surface area contributed by atoms with E-state index in [1.54, 1.807) is 46.0 Å². The second kappa shape index (κ2) is 5.78. The predicted octanol–water partition coefficient (Wildman–Crippen LogP) is 3.27. The van der Waals surface area contributed by atoms with Crippen LogP contribution < -0.4 is 4.72 Å². The van der Waals surface area contributed by atoms with Crippen LogP contribution in [0.25, 0.3) is 11.1 Å². The molecule has 0 saturated heterocycles. The van der Waals surface area contributed by atoms with Gasteiger partial charge in [-0.1, -0.05) is 6.07 Å². The van der Waals surface area contributed by atoms with Crippen molar-refractivity contribution in [3.8, 4) is 11.1 Å². The molecule has 0 atom stereocenters. The normalized spacial score (nSPS) is 12.4. The van der Waals surface area contributed by atoms with Crippen molar-refractivity contribution in [2.45, 2.75) is 38.1 Å². The van der Waals surface area contributed by atoms with Crippen LogP contribution >= 0.6 is 0 Å². The van der Waals surface area contributed by atoms with Crippen LogP contribution in [0.3, 0.4) is 0 Å². The van der Waals surface area contributed by atoms with Gasteiger partial charge in [0.15, 0.2) is 0 Å². The first kappa shape index (κ1) is 16.6. The molecule has 6 heteroatoms. The van der Waals surface area contributed by atoms with Crippen molar-refractivity contribution in [3.05, 3.63) is 48.0 Å². The fourth-order valence-electron chi connectivity index (χ4n) is 2.15. The molecule has 0 radical (unpaired) electrons. The lowest BCUT2D eigenvalue weighted by molar-refractivity contribution is 0.491. The third-order valence-electron chi connectivity index (χ3n) is 2.96. The molecule has 2 rings (SSSR count). The minimum atomic E-state index is -3.59. The highest BCUT2D eigenvalue weighted by Crippen LogP contribution is 2.26. The van der Waals surface area contributed by atoms with Gasteiger partial charge in [0.05, 0.1) is 11.1 Å². The third-order valence-corrected chi connectivity index (χ3v) is 4.72. The quantitative estimate of drug-likeness (QED) is 0.943. The van der Waals surface area contributed by atoms with Gasteiger partial charge in [-0.05, 0) is 57.0 Å². The van der Waals surface area contributed by atoms with E-state index in [9.17, 15) is 12.8 Å². The van der Waals surface area contributed by atoms with Crippen molar-refractivity contribution >= 4 is 10.0 Å². The number of hydrogen-bond acceptors (Lipinski definition) is 3. The number of halogens is 1. The van der Waals surface area contributed by atoms with Gasteiger partial charge >= 0.3 is 0 Å². The molecule has 22 heavy (non-hydrogen) atoms. The fourth-order valence-corrected chi connectivity index (χ4v) is 3.65. The van der Waals surface area contributed by atoms with Gasteiger partial charge in [-0.2, -0.15) is 0 Å². The lowest BCUT2D eigenvalue weighted by Gasteiger charge is -2.20. The Morgan fingerprint density at radius 1 is 1.14 bits per heavy atom. The largest absolute Gasteiger partial charge is 0.261 e. The van der Waals surface area contributed by atoms with Crippen LogP contribution in [0.15, 0.2) is 41.6 Å². The van der Waals surface area contributed by atoms with E-state index in [0.29, 0.717) is 5.56 Å². The Balaban J connectivity index is 2.43. The summed E-state index contributed by atoms with van der Waals surface area (Å²) in [5.74, 6) is -0.428. The summed E-state index contributed by atoms with van der Waals surface area (Å²) in [6.45, 7) is 7.13. The van der Waals surface area contributed by atoms with Crippen molar-refractivity contribution in [2.75, 3.05) is 0 Å². The summed E-state index contributed by atoms with van der Waals surface area (Å²) in [6, 6.07) is 6.13. The predicted molar refractivity (Wildman–Crippen MR) is 84.4 cm³/mol. The van der Waals surface area contributed by atoms with E-state index in [4.69, 9.17) is 0 Å². The molecule has 0 saturated carbocycles. The number of benzene rings is 1. The smallest absolute Gasteiger partial charge is 0.241 e. The molecule has 1 N–H and O–H groups in total. The molecule has 0 aliphatic rings. The molecule has 4 nitrogen and oxygen atoms in total. The van der Waals surface area contributed by atoms with Gasteiger partial charge in [0, 0.05) is 17.3 Å². The number of hydrogen-bond donors (Lipinski definition) is 1. The maximum absolute atomic E-state index is 13.3. The Labute approximate surface area is 130 Å². The fraction of sp³-hybridized carbons (Fsp3) is 0.312. The first-order valence-electron chi connectivity index (χ1n) is 6.84. The molecule has 0 amide bonds. The molecule has 0 spiro atoms. The SMILES string of the molecule is Cc1cc(S(=O)(=O)NC(C)(C)C)ccc1-c1cncc(F)c1. The van der Waals surface area contributed by atoms with Gasteiger partial charge in [-0.3, -0.25) is 4.98 Å². The second-order valence-corrected chi connectivity index (χ2v) is 7.91. The Morgan fingerprint density at radius 2 is 1.82 bits per heavy atom. The van der Waals surface area contributed by atoms with Crippen LogP contribution in [-0.2, 0) is 10.0 Å². The molecule has 0 fully saturated rings. The van der Waals surface area contributed by atoms with Crippen molar-refractivity contribution in [1.82, 2.24) is 9.71 Å². The third kappa shape index (κ3) is 3.90. The molecule has 2 aromatic rings. The topological polar surface area (TPSA) is 59.1 Å². The van der Waals surface area contributed by atoms with E-state index in [0.717, 1.165) is 17.3 Å². The summed E-state index contributed by atoms with van der Waals surface area (Å²) < 4.78 is 40.5. The van der Waals surface area contributed by atoms with Crippen LogP contribution in [0.1, 0.15) is 26.3 Å². The summed E-state index contributed by atoms with van der Waals surface area (Å²) >= 11 is 0. The van der Waals surface area contributed by atoms with Crippen molar-refractivity contribution in [1.29, 1.82) is 0 Å². The van der Waals surface area contributed by atoms with Gasteiger partial charge in [-0.25, -0.2) is 17.5 Å². The van der Waals surface area contributed by atoms with Gasteiger partial charge in [0.25, 0.3) is 0 Å². The molecule has 118 valence electrons. The van der Waals surface area contributed by atoms with Crippen LogP contribution in [0.5, 0.6) is 0 Å². The Bertz CT molecular complexity index is 796. The summed E-state index contributed by atoms with van der Waals surface area (Å²) in [4.78, 5) is 4.00. The molecule has 1 aromatic heterocycles. The molecule has 1 aromatic carbocycles. The molecular weight excluding hydrogens is 303 g/mol. The minimum absolute atomic E-state index is 0.188. The second-order valence-electron chi connectivity index (χ2n) is 6.22. The van der Waals surface area contributed by atoms with E-state index in [1.165, 1.54) is 12.1 Å². The Morgan fingerprint density at radius 3 is 2.36 bits per heavy atom. The van der Waals surface area contributed by atoms with E-state index in [1.807, 2.05) is 0 Å². The average molecular weight is 322 g/mol. The van der Waals surface area contributed by atoms with Crippen LogP contribution in [-0.4, -0.2) is 18.9 Å². The van der Waals surface area contributed by atoms with Crippen molar-refractivity contribution < 1.29 is 12.8 Å². The minimum Gasteiger partial charge on any atom is -0.261 e. The lowest BCUT2D eigenvalue weighted by Crippen LogP contribution is -2.40. The molecule has 0 aliphatic carbocycles. The average Bonchev–Trinajstić information content (AvgIpc) is 2.35. The summed E-state index contributed by atoms with van der Waals surface area (Å²) in [5.41, 5.74) is 1.55. The van der Waals surface area contributed by atoms with Crippen molar-refractivity contribution in [2.24, 2.45) is 0 Å². The van der Waals surface area contributed by atoms with E-state index in [2.05, 4.69) is 9.71 Å². The summed E-state index contributed by atoms with van der Waals surface area (Å²) in [7, 11) is -3.59. The Hall–Kier alpha value is -1.79. The lowest BCUT2D eigenvalue weighted by atomic mass is 10.0. The number of pyridine rings is 1. The van der Waals surface area contributed by atoms with E-state index < -0.39 is 21.4 Å². The molecule has 0 unspecified atom stereocenters.